The summed E-state index contributed by atoms with van der Waals surface area (Å²) in [7, 11) is -2.22. The SMILES string of the molecule is CCCC[Si](C)(C)OCCCc1c(C(=O)O)n(CC)c2c(B3OC(C)(C)C(C)(C)O3)c(C)ccc12. The molecular weight excluding hydrogens is 457 g/mol. The Labute approximate surface area is 212 Å². The van der Waals surface area contributed by atoms with Crippen LogP contribution in [-0.2, 0) is 26.7 Å². The van der Waals surface area contributed by atoms with E-state index in [1.807, 2.05) is 46.1 Å². The number of aromatic carboxylic acids is 1. The Morgan fingerprint density at radius 1 is 1.11 bits per heavy atom. The third kappa shape index (κ3) is 5.55. The van der Waals surface area contributed by atoms with Gasteiger partial charge in [-0.25, -0.2) is 4.79 Å². The van der Waals surface area contributed by atoms with Crippen LogP contribution >= 0.6 is 0 Å². The van der Waals surface area contributed by atoms with Crippen LogP contribution in [-0.4, -0.2) is 48.9 Å². The first kappa shape index (κ1) is 28.0. The van der Waals surface area contributed by atoms with E-state index in [1.54, 1.807) is 0 Å². The Bertz CT molecular complexity index is 1060. The van der Waals surface area contributed by atoms with Crippen LogP contribution in [0.5, 0.6) is 0 Å². The number of hydrogen-bond donors (Lipinski definition) is 1. The summed E-state index contributed by atoms with van der Waals surface area (Å²) in [5, 5.41) is 11.2. The summed E-state index contributed by atoms with van der Waals surface area (Å²) in [6.07, 6.45) is 3.84. The van der Waals surface area contributed by atoms with Crippen molar-refractivity contribution in [3.05, 3.63) is 29.0 Å². The quantitative estimate of drug-likeness (QED) is 0.306. The number of nitrogens with zero attached hydrogens (tertiary/aromatic N) is 1. The van der Waals surface area contributed by atoms with E-state index in [0.29, 0.717) is 25.3 Å². The van der Waals surface area contributed by atoms with Crippen molar-refractivity contribution in [2.75, 3.05) is 6.61 Å². The van der Waals surface area contributed by atoms with Crippen LogP contribution in [0.4, 0.5) is 0 Å². The number of fused-ring (bicyclic) bond motifs is 1. The molecule has 0 amide bonds. The van der Waals surface area contributed by atoms with E-state index in [0.717, 1.165) is 40.0 Å². The third-order valence-electron chi connectivity index (χ3n) is 7.79. The lowest BCUT2D eigenvalue weighted by Gasteiger charge is -2.32. The molecule has 8 heteroatoms. The van der Waals surface area contributed by atoms with Crippen LogP contribution < -0.4 is 5.46 Å². The molecule has 0 saturated carbocycles. The maximum atomic E-state index is 12.5. The zero-order chi connectivity index (χ0) is 26.2. The van der Waals surface area contributed by atoms with E-state index in [9.17, 15) is 9.90 Å². The molecule has 2 aromatic rings. The molecular formula is C27H44BNO5Si. The molecule has 1 saturated heterocycles. The van der Waals surface area contributed by atoms with Crippen LogP contribution in [0.1, 0.15) is 82.4 Å². The van der Waals surface area contributed by atoms with Crippen molar-refractivity contribution in [2.24, 2.45) is 0 Å². The van der Waals surface area contributed by atoms with Crippen molar-refractivity contribution in [1.82, 2.24) is 4.57 Å². The van der Waals surface area contributed by atoms with Crippen molar-refractivity contribution >= 4 is 37.8 Å². The second kappa shape index (κ2) is 10.4. The molecule has 6 nitrogen and oxygen atoms in total. The van der Waals surface area contributed by atoms with E-state index in [4.69, 9.17) is 13.7 Å². The smallest absolute Gasteiger partial charge is 0.477 e. The minimum absolute atomic E-state index is 0.369. The molecule has 1 fully saturated rings. The van der Waals surface area contributed by atoms with Crippen LogP contribution in [0.25, 0.3) is 10.9 Å². The lowest BCUT2D eigenvalue weighted by molar-refractivity contribution is 0.00578. The van der Waals surface area contributed by atoms with Crippen LogP contribution in [0.15, 0.2) is 12.1 Å². The molecule has 194 valence electrons. The molecule has 1 aromatic carbocycles. The van der Waals surface area contributed by atoms with Gasteiger partial charge in [0.2, 0.25) is 0 Å². The third-order valence-corrected chi connectivity index (χ3v) is 10.3. The first-order chi connectivity index (χ1) is 16.3. The average Bonchev–Trinajstić information content (AvgIpc) is 3.18. The van der Waals surface area contributed by atoms with Gasteiger partial charge < -0.3 is 23.4 Å². The minimum atomic E-state index is -1.67. The highest BCUT2D eigenvalue weighted by Crippen LogP contribution is 2.38. The maximum absolute atomic E-state index is 12.5. The molecule has 0 atom stereocenters. The van der Waals surface area contributed by atoms with E-state index in [1.165, 1.54) is 12.8 Å². The van der Waals surface area contributed by atoms with Gasteiger partial charge in [0.25, 0.3) is 0 Å². The number of benzene rings is 1. The first-order valence-electron chi connectivity index (χ1n) is 13.1. The Morgan fingerprint density at radius 3 is 2.29 bits per heavy atom. The van der Waals surface area contributed by atoms with Gasteiger partial charge >= 0.3 is 13.1 Å². The standard InChI is InChI=1S/C27H44BNO5Si/c1-10-12-18-35(8,9)32-17-13-14-20-21-16-15-19(3)22(23(21)29(11-2)24(20)25(30)31)28-33-26(4,5)27(6,7)34-28/h15-16H,10-14,17-18H2,1-9H3,(H,30,31). The molecule has 2 heterocycles. The molecule has 0 aliphatic carbocycles. The summed E-state index contributed by atoms with van der Waals surface area (Å²) in [4.78, 5) is 12.5. The summed E-state index contributed by atoms with van der Waals surface area (Å²) in [5.74, 6) is -0.894. The fourth-order valence-corrected chi connectivity index (χ4v) is 7.04. The lowest BCUT2D eigenvalue weighted by Crippen LogP contribution is -2.41. The predicted molar refractivity (Wildman–Crippen MR) is 146 cm³/mol. The van der Waals surface area contributed by atoms with E-state index < -0.39 is 32.6 Å². The molecule has 0 unspecified atom stereocenters. The second-order valence-electron chi connectivity index (χ2n) is 11.5. The number of unbranched alkanes of at least 4 members (excludes halogenated alkanes) is 1. The number of aryl methyl sites for hydroxylation is 3. The van der Waals surface area contributed by atoms with Gasteiger partial charge in [-0.2, -0.15) is 0 Å². The number of carboxylic acid groups (broad SMARTS) is 1. The highest BCUT2D eigenvalue weighted by molar-refractivity contribution is 6.71. The molecule has 1 N–H and O–H groups in total. The van der Waals surface area contributed by atoms with Gasteiger partial charge in [-0.3, -0.25) is 0 Å². The molecule has 1 aromatic heterocycles. The summed E-state index contributed by atoms with van der Waals surface area (Å²) in [6, 6.07) is 5.29. The fraction of sp³-hybridized carbons (Fsp3) is 0.667. The lowest BCUT2D eigenvalue weighted by atomic mass is 9.74. The molecule has 1 aliphatic rings. The van der Waals surface area contributed by atoms with E-state index in [2.05, 4.69) is 32.2 Å². The summed E-state index contributed by atoms with van der Waals surface area (Å²) in [6.45, 7) is 20.2. The van der Waals surface area contributed by atoms with E-state index in [-0.39, 0.29) is 0 Å². The Kier molecular flexibility index (Phi) is 8.31. The maximum Gasteiger partial charge on any atom is 0.497 e. The van der Waals surface area contributed by atoms with Gasteiger partial charge in [0.15, 0.2) is 8.32 Å². The molecule has 0 spiro atoms. The number of aromatic nitrogens is 1. The Morgan fingerprint density at radius 2 is 1.74 bits per heavy atom. The topological polar surface area (TPSA) is 69.9 Å². The van der Waals surface area contributed by atoms with E-state index >= 15 is 0 Å². The average molecular weight is 502 g/mol. The highest BCUT2D eigenvalue weighted by atomic mass is 28.4. The number of carboxylic acids is 1. The number of carbonyl (C=O) groups is 1. The van der Waals surface area contributed by atoms with Crippen LogP contribution in [0.2, 0.25) is 19.1 Å². The first-order valence-corrected chi connectivity index (χ1v) is 16.2. The molecule has 35 heavy (non-hydrogen) atoms. The largest absolute Gasteiger partial charge is 0.497 e. The molecule has 3 rings (SSSR count). The zero-order valence-corrected chi connectivity index (χ0v) is 24.2. The zero-order valence-electron chi connectivity index (χ0n) is 23.2. The van der Waals surface area contributed by atoms with Crippen LogP contribution in [0.3, 0.4) is 0 Å². The van der Waals surface area contributed by atoms with Crippen molar-refractivity contribution < 1.29 is 23.6 Å². The highest BCUT2D eigenvalue weighted by Gasteiger charge is 2.53. The molecule has 0 radical (unpaired) electrons. The normalized spacial score (nSPS) is 17.5. The summed E-state index contributed by atoms with van der Waals surface area (Å²) >= 11 is 0. The Balaban J connectivity index is 2.00. The molecule has 0 bridgehead atoms. The fourth-order valence-electron chi connectivity index (χ4n) is 4.99. The minimum Gasteiger partial charge on any atom is -0.477 e. The summed E-state index contributed by atoms with van der Waals surface area (Å²) < 4.78 is 21.1. The monoisotopic (exact) mass is 501 g/mol. The summed E-state index contributed by atoms with van der Waals surface area (Å²) in [5.41, 5.74) is 3.19. The number of rotatable bonds is 11. The van der Waals surface area contributed by atoms with Crippen molar-refractivity contribution in [3.8, 4) is 0 Å². The Hall–Kier alpha value is -1.61. The van der Waals surface area contributed by atoms with Crippen molar-refractivity contribution in [2.45, 2.75) is 111 Å². The van der Waals surface area contributed by atoms with Gasteiger partial charge in [-0.15, -0.1) is 0 Å². The van der Waals surface area contributed by atoms with Gasteiger partial charge in [0, 0.05) is 29.5 Å². The van der Waals surface area contributed by atoms with Crippen molar-refractivity contribution in [1.29, 1.82) is 0 Å². The predicted octanol–water partition coefficient (Wildman–Crippen LogP) is 5.92. The van der Waals surface area contributed by atoms with Gasteiger partial charge in [-0.05, 0) is 84.6 Å². The number of hydrogen-bond acceptors (Lipinski definition) is 4. The van der Waals surface area contributed by atoms with Gasteiger partial charge in [0.1, 0.15) is 5.69 Å². The molecule has 1 aliphatic heterocycles. The van der Waals surface area contributed by atoms with Gasteiger partial charge in [0.05, 0.1) is 11.2 Å². The second-order valence-corrected chi connectivity index (χ2v) is 15.8. The van der Waals surface area contributed by atoms with Crippen LogP contribution in [0, 0.1) is 6.92 Å². The van der Waals surface area contributed by atoms with Crippen molar-refractivity contribution in [3.63, 3.8) is 0 Å². The van der Waals surface area contributed by atoms with Gasteiger partial charge in [-0.1, -0.05) is 31.9 Å².